The van der Waals surface area contributed by atoms with Gasteiger partial charge in [-0.15, -0.1) is 0 Å². The number of carbonyl (C=O) groups is 1. The molecule has 100 valence electrons. The lowest BCUT2D eigenvalue weighted by molar-refractivity contribution is 0.256. The van der Waals surface area contributed by atoms with Crippen LogP contribution in [0.25, 0.3) is 0 Å². The van der Waals surface area contributed by atoms with Crippen LogP contribution >= 0.6 is 0 Å². The molecule has 1 aromatic rings. The lowest BCUT2D eigenvalue weighted by Gasteiger charge is -2.19. The second kappa shape index (κ2) is 5.34. The molecule has 2 amide bonds. The van der Waals surface area contributed by atoms with Crippen molar-refractivity contribution >= 4 is 18.1 Å². The van der Waals surface area contributed by atoms with Crippen LogP contribution in [0.1, 0.15) is 31.9 Å². The maximum absolute atomic E-state index is 10.8. The van der Waals surface area contributed by atoms with Crippen LogP contribution in [-0.4, -0.2) is 24.8 Å². The quantitative estimate of drug-likeness (QED) is 0.836. The summed E-state index contributed by atoms with van der Waals surface area (Å²) in [5.74, 6) is 0.303. The van der Waals surface area contributed by atoms with Gasteiger partial charge in [0.2, 0.25) is 5.90 Å². The molecular formula is C15H18N2O2. The molecule has 4 nitrogen and oxygen atoms in total. The zero-order chi connectivity index (χ0) is 13.9. The second-order valence-corrected chi connectivity index (χ2v) is 5.54. The molecule has 1 aliphatic heterocycles. The molecule has 0 unspecified atom stereocenters. The Morgan fingerprint density at radius 1 is 1.26 bits per heavy atom. The summed E-state index contributed by atoms with van der Waals surface area (Å²) in [4.78, 5) is 17.9. The van der Waals surface area contributed by atoms with Crippen molar-refractivity contribution in [1.82, 2.24) is 0 Å². The minimum Gasteiger partial charge on any atom is -0.476 e. The summed E-state index contributed by atoms with van der Waals surface area (Å²) in [6, 6.07) is 7.97. The Labute approximate surface area is 113 Å². The highest BCUT2D eigenvalue weighted by atomic mass is 16.5. The number of aliphatic imine (C=N–C) groups is 2. The molecule has 0 N–H and O–H groups in total. The molecule has 1 aliphatic rings. The van der Waals surface area contributed by atoms with E-state index in [9.17, 15) is 4.79 Å². The molecule has 0 spiro atoms. The number of benzene rings is 1. The van der Waals surface area contributed by atoms with E-state index < -0.39 is 6.03 Å². The minimum absolute atomic E-state index is 0.144. The van der Waals surface area contributed by atoms with Crippen LogP contribution in [0.4, 0.5) is 4.79 Å². The van der Waals surface area contributed by atoms with E-state index in [-0.39, 0.29) is 5.41 Å². The fourth-order valence-corrected chi connectivity index (χ4v) is 1.80. The molecule has 1 heterocycles. The van der Waals surface area contributed by atoms with Crippen molar-refractivity contribution in [3.8, 4) is 0 Å². The Balaban J connectivity index is 1.92. The van der Waals surface area contributed by atoms with Crippen molar-refractivity contribution < 1.29 is 9.53 Å². The van der Waals surface area contributed by atoms with Crippen LogP contribution in [-0.2, 0) is 16.6 Å². The fourth-order valence-electron chi connectivity index (χ4n) is 1.80. The van der Waals surface area contributed by atoms with Crippen LogP contribution in [0.2, 0.25) is 0 Å². The number of carbonyl (C=O) groups excluding carboxylic acids is 1. The SMILES string of the molecule is CC(C)(C)c1cccc(CCOC2=NC(=O)N=C2)c1. The van der Waals surface area contributed by atoms with Crippen LogP contribution in [0, 0.1) is 0 Å². The Morgan fingerprint density at radius 3 is 2.68 bits per heavy atom. The summed E-state index contributed by atoms with van der Waals surface area (Å²) in [6.45, 7) is 7.07. The first-order chi connectivity index (χ1) is 8.95. The summed E-state index contributed by atoms with van der Waals surface area (Å²) < 4.78 is 5.38. The molecule has 0 bridgehead atoms. The first kappa shape index (κ1) is 13.5. The van der Waals surface area contributed by atoms with Crippen LogP contribution in [0.3, 0.4) is 0 Å². The predicted molar refractivity (Wildman–Crippen MR) is 76.1 cm³/mol. The molecule has 0 saturated carbocycles. The van der Waals surface area contributed by atoms with Crippen LogP contribution in [0.15, 0.2) is 34.3 Å². The van der Waals surface area contributed by atoms with Crippen molar-refractivity contribution in [2.45, 2.75) is 32.6 Å². The monoisotopic (exact) mass is 258 g/mol. The average molecular weight is 258 g/mol. The first-order valence-corrected chi connectivity index (χ1v) is 6.34. The van der Waals surface area contributed by atoms with E-state index in [0.29, 0.717) is 12.5 Å². The highest BCUT2D eigenvalue weighted by Crippen LogP contribution is 2.22. The topological polar surface area (TPSA) is 51.0 Å². The number of rotatable bonds is 3. The summed E-state index contributed by atoms with van der Waals surface area (Å²) >= 11 is 0. The molecule has 0 aromatic heterocycles. The number of hydrogen-bond donors (Lipinski definition) is 0. The van der Waals surface area contributed by atoms with Gasteiger partial charge in [0.15, 0.2) is 0 Å². The van der Waals surface area contributed by atoms with Crippen LogP contribution in [0.5, 0.6) is 0 Å². The molecule has 2 rings (SSSR count). The number of hydrogen-bond acceptors (Lipinski definition) is 2. The van der Waals surface area contributed by atoms with Crippen molar-refractivity contribution in [1.29, 1.82) is 0 Å². The number of amides is 2. The highest BCUT2D eigenvalue weighted by molar-refractivity contribution is 6.33. The Morgan fingerprint density at radius 2 is 2.05 bits per heavy atom. The summed E-state index contributed by atoms with van der Waals surface area (Å²) in [5, 5.41) is 0. The van der Waals surface area contributed by atoms with Gasteiger partial charge < -0.3 is 4.74 Å². The summed E-state index contributed by atoms with van der Waals surface area (Å²) in [6.07, 6.45) is 2.14. The highest BCUT2D eigenvalue weighted by Gasteiger charge is 2.13. The van der Waals surface area contributed by atoms with E-state index in [1.165, 1.54) is 17.3 Å². The van der Waals surface area contributed by atoms with E-state index in [1.807, 2.05) is 0 Å². The standard InChI is InChI=1S/C15H18N2O2/c1-15(2,3)12-6-4-5-11(9-12)7-8-19-13-10-16-14(18)17-13/h4-6,9-10H,7-8H2,1-3H3. The van der Waals surface area contributed by atoms with Crippen molar-refractivity contribution in [3.63, 3.8) is 0 Å². The smallest absolute Gasteiger partial charge is 0.370 e. The number of nitrogens with zero attached hydrogens (tertiary/aromatic N) is 2. The van der Waals surface area contributed by atoms with Gasteiger partial charge in [0.1, 0.15) is 0 Å². The molecule has 0 radical (unpaired) electrons. The zero-order valence-electron chi connectivity index (χ0n) is 11.5. The number of urea groups is 1. The van der Waals surface area contributed by atoms with Gasteiger partial charge in [0.05, 0.1) is 12.8 Å². The predicted octanol–water partition coefficient (Wildman–Crippen LogP) is 3.15. The van der Waals surface area contributed by atoms with Gasteiger partial charge in [-0.2, -0.15) is 9.98 Å². The van der Waals surface area contributed by atoms with E-state index in [1.54, 1.807) is 0 Å². The molecule has 0 saturated heterocycles. The van der Waals surface area contributed by atoms with Crippen molar-refractivity contribution in [2.24, 2.45) is 9.98 Å². The third-order valence-electron chi connectivity index (χ3n) is 2.92. The summed E-state index contributed by atoms with van der Waals surface area (Å²) in [7, 11) is 0. The van der Waals surface area contributed by atoms with Crippen molar-refractivity contribution in [3.05, 3.63) is 35.4 Å². The third kappa shape index (κ3) is 3.74. The number of ether oxygens (including phenoxy) is 1. The largest absolute Gasteiger partial charge is 0.476 e. The molecular weight excluding hydrogens is 240 g/mol. The van der Waals surface area contributed by atoms with Crippen molar-refractivity contribution in [2.75, 3.05) is 6.61 Å². The van der Waals surface area contributed by atoms with Gasteiger partial charge in [-0.25, -0.2) is 4.79 Å². The average Bonchev–Trinajstić information content (AvgIpc) is 2.74. The van der Waals surface area contributed by atoms with E-state index in [4.69, 9.17) is 4.74 Å². The first-order valence-electron chi connectivity index (χ1n) is 6.34. The lowest BCUT2D eigenvalue weighted by atomic mass is 9.86. The molecule has 4 heteroatoms. The molecule has 1 aromatic carbocycles. The Hall–Kier alpha value is -1.97. The second-order valence-electron chi connectivity index (χ2n) is 5.54. The minimum atomic E-state index is -0.496. The zero-order valence-corrected chi connectivity index (χ0v) is 11.5. The summed E-state index contributed by atoms with van der Waals surface area (Å²) in [5.41, 5.74) is 2.67. The third-order valence-corrected chi connectivity index (χ3v) is 2.92. The van der Waals surface area contributed by atoms with E-state index in [2.05, 4.69) is 55.0 Å². The van der Waals surface area contributed by atoms with E-state index >= 15 is 0 Å². The fraction of sp³-hybridized carbons (Fsp3) is 0.400. The molecule has 0 fully saturated rings. The molecule has 19 heavy (non-hydrogen) atoms. The van der Waals surface area contributed by atoms with Gasteiger partial charge in [-0.05, 0) is 16.5 Å². The lowest BCUT2D eigenvalue weighted by Crippen LogP contribution is -2.12. The normalized spacial score (nSPS) is 14.7. The van der Waals surface area contributed by atoms with Gasteiger partial charge in [0.25, 0.3) is 0 Å². The maximum Gasteiger partial charge on any atom is 0.370 e. The maximum atomic E-state index is 10.8. The molecule has 0 atom stereocenters. The van der Waals surface area contributed by atoms with Gasteiger partial charge in [-0.1, -0.05) is 45.0 Å². The van der Waals surface area contributed by atoms with Crippen LogP contribution < -0.4 is 0 Å². The Kier molecular flexibility index (Phi) is 3.79. The van der Waals surface area contributed by atoms with Gasteiger partial charge >= 0.3 is 6.03 Å². The Bertz CT molecular complexity index is 539. The van der Waals surface area contributed by atoms with E-state index in [0.717, 1.165) is 6.42 Å². The van der Waals surface area contributed by atoms with Gasteiger partial charge in [0, 0.05) is 6.42 Å². The molecule has 0 aliphatic carbocycles. The van der Waals surface area contributed by atoms with Gasteiger partial charge in [-0.3, -0.25) is 0 Å².